The molecule has 0 N–H and O–H groups in total. The minimum atomic E-state index is -0.497. The summed E-state index contributed by atoms with van der Waals surface area (Å²) < 4.78 is 10.4. The third kappa shape index (κ3) is 5.76. The Kier molecular flexibility index (Phi) is 7.91. The van der Waals surface area contributed by atoms with E-state index in [-0.39, 0.29) is 16.3 Å². The van der Waals surface area contributed by atoms with Crippen molar-refractivity contribution in [2.45, 2.75) is 39.5 Å². The van der Waals surface area contributed by atoms with E-state index in [0.29, 0.717) is 17.5 Å². The van der Waals surface area contributed by atoms with Crippen LogP contribution in [-0.4, -0.2) is 19.7 Å². The van der Waals surface area contributed by atoms with Crippen LogP contribution in [0.1, 0.15) is 49.9 Å². The van der Waals surface area contributed by atoms with Crippen LogP contribution in [0.3, 0.4) is 0 Å². The van der Waals surface area contributed by atoms with Crippen LogP contribution in [0, 0.1) is 5.92 Å². The van der Waals surface area contributed by atoms with Crippen LogP contribution in [0.25, 0.3) is 0 Å². The number of carbonyl (C=O) groups excluding carboxylic acids is 1. The molecule has 21 heavy (non-hydrogen) atoms. The van der Waals surface area contributed by atoms with E-state index in [1.54, 1.807) is 12.1 Å². The molecule has 0 aliphatic carbocycles. The van der Waals surface area contributed by atoms with Crippen LogP contribution in [0.5, 0.6) is 5.75 Å². The van der Waals surface area contributed by atoms with Gasteiger partial charge in [0.15, 0.2) is 5.75 Å². The summed E-state index contributed by atoms with van der Waals surface area (Å²) in [6.45, 7) is 4.78. The Morgan fingerprint density at radius 1 is 1.14 bits per heavy atom. The molecule has 0 unspecified atom stereocenters. The van der Waals surface area contributed by atoms with Gasteiger partial charge in [-0.3, -0.25) is 0 Å². The smallest absolute Gasteiger partial charge is 0.343 e. The summed E-state index contributed by atoms with van der Waals surface area (Å²) >= 11 is 12.0. The fourth-order valence-electron chi connectivity index (χ4n) is 1.99. The summed E-state index contributed by atoms with van der Waals surface area (Å²) in [5.74, 6) is 0.472. The molecule has 1 aromatic carbocycles. The van der Waals surface area contributed by atoms with Gasteiger partial charge in [0, 0.05) is 0 Å². The van der Waals surface area contributed by atoms with E-state index in [0.717, 1.165) is 19.3 Å². The first-order valence-electron chi connectivity index (χ1n) is 7.16. The van der Waals surface area contributed by atoms with Gasteiger partial charge in [-0.15, -0.1) is 0 Å². The second-order valence-corrected chi connectivity index (χ2v) is 6.13. The average Bonchev–Trinajstić information content (AvgIpc) is 2.44. The molecule has 0 aromatic heterocycles. The number of esters is 1. The Balaban J connectivity index is 2.51. The topological polar surface area (TPSA) is 35.5 Å². The molecule has 5 heteroatoms. The van der Waals surface area contributed by atoms with Gasteiger partial charge in [-0.1, -0.05) is 56.3 Å². The van der Waals surface area contributed by atoms with Crippen LogP contribution in [0.2, 0.25) is 10.0 Å². The number of benzene rings is 1. The van der Waals surface area contributed by atoms with Gasteiger partial charge in [-0.05, 0) is 24.5 Å². The Labute approximate surface area is 136 Å². The molecule has 0 saturated heterocycles. The quantitative estimate of drug-likeness (QED) is 0.473. The van der Waals surface area contributed by atoms with Crippen molar-refractivity contribution in [1.29, 1.82) is 0 Å². The largest absolute Gasteiger partial charge is 0.494 e. The number of carbonyl (C=O) groups is 1. The number of halogens is 2. The van der Waals surface area contributed by atoms with Crippen LogP contribution in [-0.2, 0) is 4.74 Å². The number of rotatable bonds is 8. The highest BCUT2D eigenvalue weighted by Gasteiger charge is 2.20. The van der Waals surface area contributed by atoms with Crippen molar-refractivity contribution < 1.29 is 14.3 Å². The predicted octanol–water partition coefficient (Wildman–Crippen LogP) is 5.38. The summed E-state index contributed by atoms with van der Waals surface area (Å²) in [6, 6.07) is 3.15. The summed E-state index contributed by atoms with van der Waals surface area (Å²) in [5, 5.41) is 0.617. The van der Waals surface area contributed by atoms with Gasteiger partial charge in [0.1, 0.15) is 5.56 Å². The molecule has 0 aliphatic rings. The maximum atomic E-state index is 12.1. The van der Waals surface area contributed by atoms with Crippen LogP contribution >= 0.6 is 23.2 Å². The number of unbranched alkanes of at least 4 members (excludes halogenated alkanes) is 2. The summed E-state index contributed by atoms with van der Waals surface area (Å²) in [5.41, 5.74) is 0.189. The molecule has 3 nitrogen and oxygen atoms in total. The lowest BCUT2D eigenvalue weighted by Crippen LogP contribution is -2.09. The third-order valence-corrected chi connectivity index (χ3v) is 3.74. The van der Waals surface area contributed by atoms with E-state index in [4.69, 9.17) is 32.7 Å². The van der Waals surface area contributed by atoms with Crippen molar-refractivity contribution >= 4 is 29.2 Å². The lowest BCUT2D eigenvalue weighted by Gasteiger charge is -2.12. The van der Waals surface area contributed by atoms with E-state index in [2.05, 4.69) is 13.8 Å². The molecule has 0 saturated carbocycles. The summed E-state index contributed by atoms with van der Waals surface area (Å²) in [7, 11) is 1.44. The van der Waals surface area contributed by atoms with Gasteiger partial charge in [0.25, 0.3) is 0 Å². The van der Waals surface area contributed by atoms with Crippen molar-refractivity contribution in [3.63, 3.8) is 0 Å². The fourth-order valence-corrected chi connectivity index (χ4v) is 2.45. The van der Waals surface area contributed by atoms with Gasteiger partial charge in [-0.25, -0.2) is 4.79 Å². The predicted molar refractivity (Wildman–Crippen MR) is 86.6 cm³/mol. The van der Waals surface area contributed by atoms with Gasteiger partial charge in [0.2, 0.25) is 0 Å². The summed E-state index contributed by atoms with van der Waals surface area (Å²) in [6.07, 6.45) is 4.24. The Bertz CT molecular complexity index is 473. The highest BCUT2D eigenvalue weighted by Crippen LogP contribution is 2.34. The normalized spacial score (nSPS) is 10.8. The molecule has 0 radical (unpaired) electrons. The number of hydrogen-bond acceptors (Lipinski definition) is 3. The molecule has 1 rings (SSSR count). The van der Waals surface area contributed by atoms with Crippen LogP contribution < -0.4 is 4.74 Å². The molecule has 0 amide bonds. The van der Waals surface area contributed by atoms with E-state index in [9.17, 15) is 4.79 Å². The first kappa shape index (κ1) is 18.1. The molecular formula is C16H22Cl2O3. The lowest BCUT2D eigenvalue weighted by atomic mass is 10.1. The van der Waals surface area contributed by atoms with Gasteiger partial charge < -0.3 is 9.47 Å². The lowest BCUT2D eigenvalue weighted by molar-refractivity contribution is 0.0494. The van der Waals surface area contributed by atoms with Crippen molar-refractivity contribution in [3.05, 3.63) is 27.7 Å². The zero-order valence-corrected chi connectivity index (χ0v) is 14.3. The van der Waals surface area contributed by atoms with Crippen LogP contribution in [0.15, 0.2) is 12.1 Å². The molecule has 0 fully saturated rings. The molecule has 118 valence electrons. The van der Waals surface area contributed by atoms with E-state index in [1.165, 1.54) is 13.5 Å². The minimum Gasteiger partial charge on any atom is -0.494 e. The number of methoxy groups -OCH3 is 1. The van der Waals surface area contributed by atoms with Gasteiger partial charge >= 0.3 is 5.97 Å². The van der Waals surface area contributed by atoms with Crippen molar-refractivity contribution in [2.75, 3.05) is 13.7 Å². The molecule has 0 atom stereocenters. The van der Waals surface area contributed by atoms with E-state index >= 15 is 0 Å². The second kappa shape index (κ2) is 9.16. The first-order valence-corrected chi connectivity index (χ1v) is 7.92. The third-order valence-electron chi connectivity index (χ3n) is 3.13. The maximum Gasteiger partial charge on any atom is 0.343 e. The maximum absolute atomic E-state index is 12.1. The highest BCUT2D eigenvalue weighted by molar-refractivity contribution is 6.37. The van der Waals surface area contributed by atoms with E-state index < -0.39 is 5.97 Å². The van der Waals surface area contributed by atoms with Gasteiger partial charge in [0.05, 0.1) is 23.8 Å². The zero-order valence-electron chi connectivity index (χ0n) is 12.7. The monoisotopic (exact) mass is 332 g/mol. The van der Waals surface area contributed by atoms with E-state index in [1.807, 2.05) is 0 Å². The van der Waals surface area contributed by atoms with Crippen LogP contribution in [0.4, 0.5) is 0 Å². The van der Waals surface area contributed by atoms with Crippen molar-refractivity contribution in [1.82, 2.24) is 0 Å². The van der Waals surface area contributed by atoms with Crippen molar-refractivity contribution in [3.8, 4) is 5.75 Å². The Morgan fingerprint density at radius 3 is 2.43 bits per heavy atom. The molecule has 0 bridgehead atoms. The molecule has 0 spiro atoms. The number of hydrogen-bond donors (Lipinski definition) is 0. The fraction of sp³-hybridized carbons (Fsp3) is 0.562. The Morgan fingerprint density at radius 2 is 1.81 bits per heavy atom. The zero-order chi connectivity index (χ0) is 15.8. The summed E-state index contributed by atoms with van der Waals surface area (Å²) in [4.78, 5) is 12.1. The average molecular weight is 333 g/mol. The molecule has 0 aliphatic heterocycles. The molecular weight excluding hydrogens is 311 g/mol. The second-order valence-electron chi connectivity index (χ2n) is 5.32. The Hall–Kier alpha value is -0.930. The molecule has 1 aromatic rings. The van der Waals surface area contributed by atoms with Gasteiger partial charge in [-0.2, -0.15) is 0 Å². The minimum absolute atomic E-state index is 0.189. The SMILES string of the molecule is COc1c(Cl)ccc(Cl)c1C(=O)OCCCCCC(C)C. The molecule has 0 heterocycles. The van der Waals surface area contributed by atoms with Crippen molar-refractivity contribution in [2.24, 2.45) is 5.92 Å². The number of ether oxygens (including phenoxy) is 2. The first-order chi connectivity index (χ1) is 9.97. The highest BCUT2D eigenvalue weighted by atomic mass is 35.5. The standard InChI is InChI=1S/C16H22Cl2O3/c1-11(2)7-5-4-6-10-21-16(19)14-12(17)8-9-13(18)15(14)20-3/h8-9,11H,4-7,10H2,1-3H3.